The highest BCUT2D eigenvalue weighted by Crippen LogP contribution is 2.33. The molecule has 1 fully saturated rings. The van der Waals surface area contributed by atoms with Crippen LogP contribution in [0, 0.1) is 11.7 Å². The molecule has 4 nitrogen and oxygen atoms in total. The summed E-state index contributed by atoms with van der Waals surface area (Å²) in [6.07, 6.45) is 2.02. The van der Waals surface area contributed by atoms with Gasteiger partial charge in [0.25, 0.3) is 0 Å². The van der Waals surface area contributed by atoms with Gasteiger partial charge in [0.1, 0.15) is 5.82 Å². The van der Waals surface area contributed by atoms with E-state index in [9.17, 15) is 9.18 Å². The Hall–Kier alpha value is -1.69. The molecule has 2 N–H and O–H groups in total. The van der Waals surface area contributed by atoms with Gasteiger partial charge < -0.3 is 15.5 Å². The molecule has 1 heterocycles. The molecule has 1 amide bonds. The van der Waals surface area contributed by atoms with Crippen molar-refractivity contribution < 1.29 is 9.18 Å². The Bertz CT molecular complexity index is 564. The lowest BCUT2D eigenvalue weighted by molar-refractivity contribution is -0.124. The number of amides is 1. The first-order valence-corrected chi connectivity index (χ1v) is 9.03. The van der Waals surface area contributed by atoms with Crippen molar-refractivity contribution in [1.29, 1.82) is 0 Å². The van der Waals surface area contributed by atoms with Crippen LogP contribution in [-0.2, 0) is 4.79 Å². The van der Waals surface area contributed by atoms with Crippen LogP contribution in [0.5, 0.6) is 0 Å². The van der Waals surface area contributed by atoms with Crippen molar-refractivity contribution in [1.82, 2.24) is 15.5 Å². The Morgan fingerprint density at radius 3 is 2.58 bits per heavy atom. The van der Waals surface area contributed by atoms with Gasteiger partial charge in [-0.2, -0.15) is 0 Å². The molecule has 0 aliphatic carbocycles. The van der Waals surface area contributed by atoms with Crippen LogP contribution in [0.2, 0.25) is 0 Å². The van der Waals surface area contributed by atoms with Gasteiger partial charge in [0.05, 0.1) is 5.92 Å². The first-order valence-electron chi connectivity index (χ1n) is 8.62. The van der Waals surface area contributed by atoms with E-state index in [1.165, 1.54) is 12.1 Å². The third-order valence-electron chi connectivity index (χ3n) is 4.40. The average Bonchev–Trinajstić information content (AvgIpc) is 3.01. The summed E-state index contributed by atoms with van der Waals surface area (Å²) in [7, 11) is 0. The van der Waals surface area contributed by atoms with Gasteiger partial charge in [0.15, 0.2) is 5.11 Å². The Kier molecular flexibility index (Phi) is 6.97. The highest BCUT2D eigenvalue weighted by molar-refractivity contribution is 7.80. The minimum atomic E-state index is -0.263. The monoisotopic (exact) mass is 351 g/mol. The third kappa shape index (κ3) is 4.66. The second kappa shape index (κ2) is 8.97. The molecule has 2 atom stereocenters. The number of unbranched alkanes of at least 4 members (excludes halogenated alkanes) is 1. The second-order valence-electron chi connectivity index (χ2n) is 6.15. The summed E-state index contributed by atoms with van der Waals surface area (Å²) < 4.78 is 13.2. The number of nitrogens with one attached hydrogen (secondary N) is 2. The van der Waals surface area contributed by atoms with Gasteiger partial charge in [0.2, 0.25) is 5.91 Å². The van der Waals surface area contributed by atoms with Gasteiger partial charge in [-0.25, -0.2) is 4.39 Å². The van der Waals surface area contributed by atoms with Crippen molar-refractivity contribution in [3.8, 4) is 0 Å². The van der Waals surface area contributed by atoms with Crippen LogP contribution < -0.4 is 10.6 Å². The quantitative estimate of drug-likeness (QED) is 0.611. The standard InChI is InChI=1S/C18H26FN3OS/c1-3-5-10-21-17(23)16-12-22(18(24)20-4-2)11-15(16)13-6-8-14(19)9-7-13/h6-9,15-16H,3-5,10-12H2,1-2H3,(H,20,24)(H,21,23)/t15-,16-/m1/s1. The zero-order chi connectivity index (χ0) is 17.5. The molecule has 24 heavy (non-hydrogen) atoms. The molecule has 6 heteroatoms. The summed E-state index contributed by atoms with van der Waals surface area (Å²) in [6, 6.07) is 6.44. The summed E-state index contributed by atoms with van der Waals surface area (Å²) in [5, 5.41) is 6.85. The van der Waals surface area contributed by atoms with Crippen molar-refractivity contribution in [2.45, 2.75) is 32.6 Å². The number of benzene rings is 1. The Labute approximate surface area is 148 Å². The number of nitrogens with zero attached hydrogens (tertiary/aromatic N) is 1. The van der Waals surface area contributed by atoms with Crippen LogP contribution >= 0.6 is 12.2 Å². The summed E-state index contributed by atoms with van der Waals surface area (Å²) in [4.78, 5) is 14.7. The van der Waals surface area contributed by atoms with Gasteiger partial charge in [0, 0.05) is 32.1 Å². The van der Waals surface area contributed by atoms with Gasteiger partial charge in [-0.1, -0.05) is 25.5 Å². The summed E-state index contributed by atoms with van der Waals surface area (Å²) in [5.74, 6) is -0.368. The average molecular weight is 351 g/mol. The van der Waals surface area contributed by atoms with Gasteiger partial charge in [-0.3, -0.25) is 4.79 Å². The van der Waals surface area contributed by atoms with Crippen molar-refractivity contribution in [2.75, 3.05) is 26.2 Å². The van der Waals surface area contributed by atoms with E-state index in [2.05, 4.69) is 17.6 Å². The van der Waals surface area contributed by atoms with E-state index >= 15 is 0 Å². The molecular formula is C18H26FN3OS. The molecule has 0 saturated carbocycles. The van der Waals surface area contributed by atoms with Gasteiger partial charge >= 0.3 is 0 Å². The first-order chi connectivity index (χ1) is 11.6. The van der Waals surface area contributed by atoms with Gasteiger partial charge in [-0.15, -0.1) is 0 Å². The molecule has 1 aliphatic rings. The van der Waals surface area contributed by atoms with Crippen LogP contribution in [0.15, 0.2) is 24.3 Å². The number of likely N-dealkylation sites (tertiary alicyclic amines) is 1. The molecule has 1 saturated heterocycles. The number of hydrogen-bond acceptors (Lipinski definition) is 2. The van der Waals surface area contributed by atoms with Crippen LogP contribution in [0.4, 0.5) is 4.39 Å². The number of carbonyl (C=O) groups is 1. The summed E-state index contributed by atoms with van der Waals surface area (Å²) in [6.45, 7) is 6.80. The predicted molar refractivity (Wildman–Crippen MR) is 98.4 cm³/mol. The number of halogens is 1. The van der Waals surface area contributed by atoms with E-state index in [0.717, 1.165) is 24.9 Å². The minimum absolute atomic E-state index is 0.0174. The molecule has 0 aromatic heterocycles. The molecule has 1 aromatic carbocycles. The first kappa shape index (κ1) is 18.6. The smallest absolute Gasteiger partial charge is 0.225 e. The fourth-order valence-corrected chi connectivity index (χ4v) is 3.36. The Morgan fingerprint density at radius 1 is 1.25 bits per heavy atom. The molecule has 132 valence electrons. The SMILES string of the molecule is CCCCNC(=O)[C@@H]1CN(C(=S)NCC)C[C@@H]1c1ccc(F)cc1. The number of hydrogen-bond donors (Lipinski definition) is 2. The Balaban J connectivity index is 2.14. The van der Waals surface area contributed by atoms with E-state index in [4.69, 9.17) is 12.2 Å². The lowest BCUT2D eigenvalue weighted by Gasteiger charge is -2.19. The molecule has 0 spiro atoms. The van der Waals surface area contributed by atoms with Crippen molar-refractivity contribution in [3.63, 3.8) is 0 Å². The normalized spacial score (nSPS) is 20.0. The van der Waals surface area contributed by atoms with Crippen LogP contribution in [0.3, 0.4) is 0 Å². The van der Waals surface area contributed by atoms with E-state index in [1.807, 2.05) is 11.8 Å². The molecular weight excluding hydrogens is 325 g/mol. The number of thiocarbonyl (C=S) groups is 1. The van der Waals surface area contributed by atoms with Crippen molar-refractivity contribution in [3.05, 3.63) is 35.6 Å². The fourth-order valence-electron chi connectivity index (χ4n) is 3.07. The number of carbonyl (C=O) groups excluding carboxylic acids is 1. The molecule has 0 radical (unpaired) electrons. The summed E-state index contributed by atoms with van der Waals surface area (Å²) in [5.41, 5.74) is 0.980. The van der Waals surface area contributed by atoms with E-state index in [1.54, 1.807) is 12.1 Å². The lowest BCUT2D eigenvalue weighted by Crippen LogP contribution is -2.39. The zero-order valence-electron chi connectivity index (χ0n) is 14.3. The third-order valence-corrected chi connectivity index (χ3v) is 4.80. The lowest BCUT2D eigenvalue weighted by atomic mass is 9.88. The van der Waals surface area contributed by atoms with Crippen LogP contribution in [-0.4, -0.2) is 42.1 Å². The van der Waals surface area contributed by atoms with Crippen molar-refractivity contribution in [2.24, 2.45) is 5.92 Å². The maximum absolute atomic E-state index is 13.2. The molecule has 1 aliphatic heterocycles. The fraction of sp³-hybridized carbons (Fsp3) is 0.556. The zero-order valence-corrected chi connectivity index (χ0v) is 15.2. The topological polar surface area (TPSA) is 44.4 Å². The molecule has 1 aromatic rings. The van der Waals surface area contributed by atoms with E-state index in [-0.39, 0.29) is 23.6 Å². The van der Waals surface area contributed by atoms with Crippen molar-refractivity contribution >= 4 is 23.2 Å². The number of rotatable bonds is 6. The van der Waals surface area contributed by atoms with Crippen LogP contribution in [0.25, 0.3) is 0 Å². The van der Waals surface area contributed by atoms with E-state index < -0.39 is 0 Å². The molecule has 0 bridgehead atoms. The molecule has 2 rings (SSSR count). The maximum atomic E-state index is 13.2. The summed E-state index contributed by atoms with van der Waals surface area (Å²) >= 11 is 5.41. The Morgan fingerprint density at radius 2 is 1.96 bits per heavy atom. The predicted octanol–water partition coefficient (Wildman–Crippen LogP) is 2.65. The largest absolute Gasteiger partial charge is 0.363 e. The maximum Gasteiger partial charge on any atom is 0.225 e. The van der Waals surface area contributed by atoms with E-state index in [0.29, 0.717) is 24.7 Å². The second-order valence-corrected chi connectivity index (χ2v) is 6.54. The molecule has 0 unspecified atom stereocenters. The highest BCUT2D eigenvalue weighted by Gasteiger charge is 2.39. The minimum Gasteiger partial charge on any atom is -0.363 e. The van der Waals surface area contributed by atoms with Gasteiger partial charge in [-0.05, 0) is 43.3 Å². The highest BCUT2D eigenvalue weighted by atomic mass is 32.1. The van der Waals surface area contributed by atoms with Crippen LogP contribution in [0.1, 0.15) is 38.2 Å².